The van der Waals surface area contributed by atoms with Crippen molar-refractivity contribution in [1.82, 2.24) is 10.2 Å². The summed E-state index contributed by atoms with van der Waals surface area (Å²) in [6, 6.07) is -0.175. The van der Waals surface area contributed by atoms with Crippen LogP contribution in [0.15, 0.2) is 0 Å². The van der Waals surface area contributed by atoms with Gasteiger partial charge in [0.2, 0.25) is 0 Å². The molecule has 3 unspecified atom stereocenters. The maximum atomic E-state index is 12.1. The van der Waals surface area contributed by atoms with E-state index < -0.39 is 11.9 Å². The van der Waals surface area contributed by atoms with E-state index in [9.17, 15) is 9.59 Å². The normalized spacial score (nSPS) is 23.6. The molecule has 20 heavy (non-hydrogen) atoms. The summed E-state index contributed by atoms with van der Waals surface area (Å²) in [5.74, 6) is -1.11. The van der Waals surface area contributed by atoms with Crippen molar-refractivity contribution in [2.75, 3.05) is 20.2 Å². The van der Waals surface area contributed by atoms with E-state index in [-0.39, 0.29) is 30.6 Å². The molecule has 0 aromatic heterocycles. The number of amides is 2. The summed E-state index contributed by atoms with van der Waals surface area (Å²) < 4.78 is 5.44. The molecular formula is C14H26N2O4. The predicted octanol–water partition coefficient (Wildman–Crippen LogP) is 1.55. The van der Waals surface area contributed by atoms with Crippen LogP contribution in [0.5, 0.6) is 0 Å². The molecule has 0 spiro atoms. The van der Waals surface area contributed by atoms with Gasteiger partial charge in [0.25, 0.3) is 0 Å². The number of likely N-dealkylation sites (N-methyl/N-ethyl adjacent to an activating group) is 1. The summed E-state index contributed by atoms with van der Waals surface area (Å²) >= 11 is 0. The van der Waals surface area contributed by atoms with Crippen molar-refractivity contribution >= 4 is 12.0 Å². The molecule has 0 bridgehead atoms. The van der Waals surface area contributed by atoms with E-state index in [1.54, 1.807) is 11.9 Å². The zero-order valence-electron chi connectivity index (χ0n) is 12.8. The van der Waals surface area contributed by atoms with Crippen LogP contribution in [0.1, 0.15) is 33.6 Å². The van der Waals surface area contributed by atoms with Crippen molar-refractivity contribution in [2.45, 2.75) is 45.8 Å². The highest BCUT2D eigenvalue weighted by molar-refractivity contribution is 5.76. The second-order valence-corrected chi connectivity index (χ2v) is 5.89. The molecule has 1 aliphatic rings. The van der Waals surface area contributed by atoms with E-state index in [0.717, 1.165) is 6.42 Å². The van der Waals surface area contributed by atoms with Gasteiger partial charge in [-0.1, -0.05) is 13.8 Å². The number of aliphatic carboxylic acids is 1. The first kappa shape index (κ1) is 16.8. The van der Waals surface area contributed by atoms with Gasteiger partial charge < -0.3 is 20.1 Å². The van der Waals surface area contributed by atoms with Gasteiger partial charge in [-0.3, -0.25) is 4.79 Å². The monoisotopic (exact) mass is 286 g/mol. The van der Waals surface area contributed by atoms with Crippen LogP contribution in [-0.2, 0) is 9.53 Å². The van der Waals surface area contributed by atoms with Gasteiger partial charge in [0.05, 0.1) is 18.1 Å². The molecule has 0 aromatic rings. The van der Waals surface area contributed by atoms with E-state index in [2.05, 4.69) is 5.32 Å². The Morgan fingerprint density at radius 2 is 2.10 bits per heavy atom. The Morgan fingerprint density at radius 3 is 2.55 bits per heavy atom. The molecular weight excluding hydrogens is 260 g/mol. The molecule has 1 aliphatic heterocycles. The van der Waals surface area contributed by atoms with Crippen molar-refractivity contribution in [1.29, 1.82) is 0 Å². The third kappa shape index (κ3) is 4.67. The summed E-state index contributed by atoms with van der Waals surface area (Å²) in [6.45, 7) is 6.72. The van der Waals surface area contributed by atoms with Crippen LogP contribution in [-0.4, -0.2) is 54.4 Å². The molecule has 2 N–H and O–H groups in total. The Morgan fingerprint density at radius 1 is 1.45 bits per heavy atom. The summed E-state index contributed by atoms with van der Waals surface area (Å²) in [6.07, 6.45) is 1.40. The van der Waals surface area contributed by atoms with E-state index in [1.807, 2.05) is 20.8 Å². The van der Waals surface area contributed by atoms with E-state index in [0.29, 0.717) is 13.0 Å². The molecule has 116 valence electrons. The summed E-state index contributed by atoms with van der Waals surface area (Å²) in [7, 11) is 1.73. The van der Waals surface area contributed by atoms with Crippen LogP contribution < -0.4 is 5.32 Å². The van der Waals surface area contributed by atoms with Crippen molar-refractivity contribution in [3.05, 3.63) is 0 Å². The number of rotatable bonds is 6. The van der Waals surface area contributed by atoms with Gasteiger partial charge in [0.15, 0.2) is 0 Å². The number of ether oxygens (including phenoxy) is 1. The van der Waals surface area contributed by atoms with Gasteiger partial charge in [0, 0.05) is 20.2 Å². The first-order valence-corrected chi connectivity index (χ1v) is 7.18. The number of hydrogen-bond acceptors (Lipinski definition) is 3. The third-order valence-corrected chi connectivity index (χ3v) is 3.76. The average Bonchev–Trinajstić information content (AvgIpc) is 2.78. The topological polar surface area (TPSA) is 78.9 Å². The highest BCUT2D eigenvalue weighted by atomic mass is 16.5. The van der Waals surface area contributed by atoms with Gasteiger partial charge in [-0.15, -0.1) is 0 Å². The second kappa shape index (κ2) is 7.47. The zero-order valence-corrected chi connectivity index (χ0v) is 12.8. The lowest BCUT2D eigenvalue weighted by Gasteiger charge is -2.27. The predicted molar refractivity (Wildman–Crippen MR) is 75.6 cm³/mol. The molecule has 1 rings (SSSR count). The van der Waals surface area contributed by atoms with Gasteiger partial charge in [-0.2, -0.15) is 0 Å². The maximum Gasteiger partial charge on any atom is 0.317 e. The second-order valence-electron chi connectivity index (χ2n) is 5.89. The van der Waals surface area contributed by atoms with Crippen LogP contribution >= 0.6 is 0 Å². The Bertz CT molecular complexity index is 346. The Kier molecular flexibility index (Phi) is 6.26. The smallest absolute Gasteiger partial charge is 0.317 e. The molecule has 1 saturated heterocycles. The summed E-state index contributed by atoms with van der Waals surface area (Å²) in [5, 5.41) is 11.9. The first-order chi connectivity index (χ1) is 9.32. The van der Waals surface area contributed by atoms with Crippen LogP contribution in [0.25, 0.3) is 0 Å². The minimum Gasteiger partial charge on any atom is -0.481 e. The lowest BCUT2D eigenvalue weighted by Crippen LogP contribution is -2.48. The molecule has 6 nitrogen and oxygen atoms in total. The van der Waals surface area contributed by atoms with Gasteiger partial charge >= 0.3 is 12.0 Å². The standard InChI is InChI=1S/C14H26N2O4/c1-9(2)7-11(13(17)18)8-15-14(19)16(4)12-5-6-20-10(12)3/h9-12H,5-8H2,1-4H3,(H,15,19)(H,17,18). The Labute approximate surface area is 120 Å². The minimum absolute atomic E-state index is 0.0247. The van der Waals surface area contributed by atoms with E-state index in [4.69, 9.17) is 9.84 Å². The number of nitrogens with zero attached hydrogens (tertiary/aromatic N) is 1. The minimum atomic E-state index is -0.862. The molecule has 6 heteroatoms. The van der Waals surface area contributed by atoms with Crippen molar-refractivity contribution in [3.63, 3.8) is 0 Å². The molecule has 0 aliphatic carbocycles. The number of nitrogens with one attached hydrogen (secondary N) is 1. The lowest BCUT2D eigenvalue weighted by atomic mass is 9.97. The lowest BCUT2D eigenvalue weighted by molar-refractivity contribution is -0.142. The molecule has 1 fully saturated rings. The quantitative estimate of drug-likeness (QED) is 0.776. The van der Waals surface area contributed by atoms with Gasteiger partial charge in [-0.05, 0) is 25.7 Å². The number of urea groups is 1. The van der Waals surface area contributed by atoms with Crippen LogP contribution in [0.4, 0.5) is 4.79 Å². The fourth-order valence-electron chi connectivity index (χ4n) is 2.56. The molecule has 0 saturated carbocycles. The molecule has 0 radical (unpaired) electrons. The average molecular weight is 286 g/mol. The molecule has 0 aromatic carbocycles. The number of carbonyl (C=O) groups excluding carboxylic acids is 1. The van der Waals surface area contributed by atoms with Crippen LogP contribution in [0.3, 0.4) is 0 Å². The third-order valence-electron chi connectivity index (χ3n) is 3.76. The maximum absolute atomic E-state index is 12.1. The number of carbonyl (C=O) groups is 2. The Hall–Kier alpha value is -1.30. The van der Waals surface area contributed by atoms with Crippen molar-refractivity contribution < 1.29 is 19.4 Å². The molecule has 3 atom stereocenters. The zero-order chi connectivity index (χ0) is 15.3. The van der Waals surface area contributed by atoms with Crippen molar-refractivity contribution in [3.8, 4) is 0 Å². The summed E-state index contributed by atoms with van der Waals surface area (Å²) in [5.41, 5.74) is 0. The number of hydrogen-bond donors (Lipinski definition) is 2. The number of carboxylic acid groups (broad SMARTS) is 1. The SMILES string of the molecule is CC(C)CC(CNC(=O)N(C)C1CCOC1C)C(=O)O. The van der Waals surface area contributed by atoms with Crippen molar-refractivity contribution in [2.24, 2.45) is 11.8 Å². The molecule has 1 heterocycles. The number of carboxylic acids is 1. The summed E-state index contributed by atoms with van der Waals surface area (Å²) in [4.78, 5) is 24.8. The fourth-order valence-corrected chi connectivity index (χ4v) is 2.56. The Balaban J connectivity index is 2.46. The van der Waals surface area contributed by atoms with E-state index >= 15 is 0 Å². The highest BCUT2D eigenvalue weighted by Crippen LogP contribution is 2.18. The first-order valence-electron chi connectivity index (χ1n) is 7.18. The van der Waals surface area contributed by atoms with Gasteiger partial charge in [0.1, 0.15) is 0 Å². The van der Waals surface area contributed by atoms with Crippen LogP contribution in [0.2, 0.25) is 0 Å². The molecule has 2 amide bonds. The largest absolute Gasteiger partial charge is 0.481 e. The highest BCUT2D eigenvalue weighted by Gasteiger charge is 2.31. The van der Waals surface area contributed by atoms with E-state index in [1.165, 1.54) is 0 Å². The van der Waals surface area contributed by atoms with Crippen LogP contribution in [0, 0.1) is 11.8 Å². The fraction of sp³-hybridized carbons (Fsp3) is 0.857. The van der Waals surface area contributed by atoms with Gasteiger partial charge in [-0.25, -0.2) is 4.79 Å².